The summed E-state index contributed by atoms with van der Waals surface area (Å²) >= 11 is 0. The lowest BCUT2D eigenvalue weighted by Crippen LogP contribution is -2.35. The van der Waals surface area contributed by atoms with Gasteiger partial charge in [-0.15, -0.1) is 0 Å². The fourth-order valence-electron chi connectivity index (χ4n) is 2.98. The Balaban J connectivity index is 1.83. The minimum absolute atomic E-state index is 0.366. The maximum absolute atomic E-state index is 9.29. The lowest BCUT2D eigenvalue weighted by atomic mass is 9.82. The number of phenolic OH excluding ortho intramolecular Hbond substituents is 1. The Hall–Kier alpha value is -1.02. The molecule has 1 saturated carbocycles. The first-order chi connectivity index (χ1) is 8.78. The minimum atomic E-state index is 0.366. The van der Waals surface area contributed by atoms with Crippen LogP contribution in [0.3, 0.4) is 0 Å². The van der Waals surface area contributed by atoms with Gasteiger partial charge in [0.2, 0.25) is 0 Å². The number of benzene rings is 1. The van der Waals surface area contributed by atoms with Crippen LogP contribution in [-0.4, -0.2) is 17.7 Å². The van der Waals surface area contributed by atoms with Gasteiger partial charge in [-0.25, -0.2) is 0 Å². The van der Waals surface area contributed by atoms with E-state index in [1.165, 1.54) is 37.7 Å². The normalized spacial score (nSPS) is 24.1. The number of nitrogens with one attached hydrogen (secondary N) is 1. The molecule has 0 amide bonds. The Morgan fingerprint density at radius 1 is 1.22 bits per heavy atom. The highest BCUT2D eigenvalue weighted by atomic mass is 16.3. The van der Waals surface area contributed by atoms with Crippen LogP contribution in [-0.2, 0) is 6.42 Å². The fraction of sp³-hybridized carbons (Fsp3) is 0.625. The Bertz CT molecular complexity index is 347. The zero-order valence-corrected chi connectivity index (χ0v) is 11.4. The van der Waals surface area contributed by atoms with Gasteiger partial charge in [-0.05, 0) is 55.8 Å². The van der Waals surface area contributed by atoms with E-state index in [4.69, 9.17) is 0 Å². The predicted octanol–water partition coefficient (Wildman–Crippen LogP) is 3.49. The zero-order valence-electron chi connectivity index (χ0n) is 11.4. The molecule has 0 radical (unpaired) electrons. The average Bonchev–Trinajstić information content (AvgIpc) is 2.40. The molecule has 100 valence electrons. The summed E-state index contributed by atoms with van der Waals surface area (Å²) in [6.45, 7) is 3.38. The van der Waals surface area contributed by atoms with Gasteiger partial charge < -0.3 is 10.4 Å². The molecule has 1 fully saturated rings. The molecule has 0 heterocycles. The average molecular weight is 247 g/mol. The maximum Gasteiger partial charge on any atom is 0.115 e. The first-order valence-corrected chi connectivity index (χ1v) is 7.29. The van der Waals surface area contributed by atoms with Crippen molar-refractivity contribution in [2.45, 2.75) is 51.5 Å². The van der Waals surface area contributed by atoms with E-state index < -0.39 is 0 Å². The van der Waals surface area contributed by atoms with Crippen molar-refractivity contribution in [3.8, 4) is 5.75 Å². The Morgan fingerprint density at radius 2 is 2.00 bits per heavy atom. The highest BCUT2D eigenvalue weighted by molar-refractivity contribution is 5.26. The summed E-state index contributed by atoms with van der Waals surface area (Å²) in [4.78, 5) is 0. The van der Waals surface area contributed by atoms with E-state index in [1.54, 1.807) is 12.1 Å². The molecule has 0 saturated heterocycles. The Labute approximate surface area is 110 Å². The molecule has 0 spiro atoms. The molecule has 0 bridgehead atoms. The third-order valence-electron chi connectivity index (χ3n) is 3.93. The fourth-order valence-corrected chi connectivity index (χ4v) is 2.98. The molecule has 1 aromatic rings. The topological polar surface area (TPSA) is 32.3 Å². The second kappa shape index (κ2) is 6.79. The third kappa shape index (κ3) is 4.02. The summed E-state index contributed by atoms with van der Waals surface area (Å²) in [6, 6.07) is 8.42. The minimum Gasteiger partial charge on any atom is -0.508 e. The largest absolute Gasteiger partial charge is 0.508 e. The summed E-state index contributed by atoms with van der Waals surface area (Å²) in [6.07, 6.45) is 7.73. The predicted molar refractivity (Wildman–Crippen MR) is 75.9 cm³/mol. The van der Waals surface area contributed by atoms with Crippen LogP contribution < -0.4 is 5.32 Å². The van der Waals surface area contributed by atoms with E-state index in [9.17, 15) is 5.11 Å². The van der Waals surface area contributed by atoms with E-state index in [1.807, 2.05) is 0 Å². The van der Waals surface area contributed by atoms with Gasteiger partial charge in [0.25, 0.3) is 0 Å². The molecule has 0 aliphatic heterocycles. The summed E-state index contributed by atoms with van der Waals surface area (Å²) in [5.41, 5.74) is 1.36. The molecule has 2 rings (SSSR count). The van der Waals surface area contributed by atoms with E-state index in [-0.39, 0.29) is 0 Å². The van der Waals surface area contributed by atoms with Crippen LogP contribution in [0.5, 0.6) is 5.75 Å². The van der Waals surface area contributed by atoms with Crippen LogP contribution in [0.25, 0.3) is 0 Å². The summed E-state index contributed by atoms with van der Waals surface area (Å²) in [7, 11) is 0. The van der Waals surface area contributed by atoms with Gasteiger partial charge >= 0.3 is 0 Å². The second-order valence-electron chi connectivity index (χ2n) is 5.55. The number of hydrogen-bond acceptors (Lipinski definition) is 2. The van der Waals surface area contributed by atoms with Crippen molar-refractivity contribution < 1.29 is 5.11 Å². The van der Waals surface area contributed by atoms with Crippen LogP contribution in [0.2, 0.25) is 0 Å². The Kier molecular flexibility index (Phi) is 5.06. The molecule has 0 aromatic heterocycles. The van der Waals surface area contributed by atoms with Gasteiger partial charge in [0, 0.05) is 6.04 Å². The van der Waals surface area contributed by atoms with Crippen molar-refractivity contribution in [2.24, 2.45) is 5.92 Å². The van der Waals surface area contributed by atoms with E-state index in [0.29, 0.717) is 5.75 Å². The highest BCUT2D eigenvalue weighted by Gasteiger charge is 2.21. The number of rotatable bonds is 5. The van der Waals surface area contributed by atoms with Crippen molar-refractivity contribution in [1.29, 1.82) is 0 Å². The van der Waals surface area contributed by atoms with Crippen molar-refractivity contribution in [3.05, 3.63) is 29.8 Å². The van der Waals surface area contributed by atoms with Crippen LogP contribution >= 0.6 is 0 Å². The van der Waals surface area contributed by atoms with Crippen LogP contribution in [0.1, 0.15) is 44.6 Å². The van der Waals surface area contributed by atoms with Crippen molar-refractivity contribution in [3.63, 3.8) is 0 Å². The summed E-state index contributed by atoms with van der Waals surface area (Å²) in [5, 5.41) is 12.9. The van der Waals surface area contributed by atoms with Gasteiger partial charge in [0.05, 0.1) is 0 Å². The van der Waals surface area contributed by atoms with Gasteiger partial charge in [0.15, 0.2) is 0 Å². The van der Waals surface area contributed by atoms with Crippen LogP contribution in [0.15, 0.2) is 24.3 Å². The van der Waals surface area contributed by atoms with Gasteiger partial charge in [0.1, 0.15) is 5.75 Å². The van der Waals surface area contributed by atoms with Crippen LogP contribution in [0, 0.1) is 5.92 Å². The first-order valence-electron chi connectivity index (χ1n) is 7.29. The van der Waals surface area contributed by atoms with Crippen molar-refractivity contribution in [1.82, 2.24) is 5.32 Å². The summed E-state index contributed by atoms with van der Waals surface area (Å²) in [5.74, 6) is 1.17. The molecular weight excluding hydrogens is 222 g/mol. The third-order valence-corrected chi connectivity index (χ3v) is 3.93. The van der Waals surface area contributed by atoms with Gasteiger partial charge in [-0.3, -0.25) is 0 Å². The molecule has 2 atom stereocenters. The molecule has 2 nitrogen and oxygen atoms in total. The standard InChI is InChI=1S/C16H25NO/c1-2-10-17-15-5-3-4-14(12-15)11-13-6-8-16(18)9-7-13/h6-9,14-15,17-18H,2-5,10-12H2,1H3. The lowest BCUT2D eigenvalue weighted by molar-refractivity contribution is 0.284. The maximum atomic E-state index is 9.29. The molecule has 1 aromatic carbocycles. The van der Waals surface area contributed by atoms with E-state index >= 15 is 0 Å². The molecular formula is C16H25NO. The quantitative estimate of drug-likeness (QED) is 0.834. The molecule has 18 heavy (non-hydrogen) atoms. The number of phenols is 1. The molecule has 1 aliphatic carbocycles. The lowest BCUT2D eigenvalue weighted by Gasteiger charge is -2.30. The van der Waals surface area contributed by atoms with Gasteiger partial charge in [-0.1, -0.05) is 31.9 Å². The van der Waals surface area contributed by atoms with E-state index in [2.05, 4.69) is 24.4 Å². The molecule has 2 N–H and O–H groups in total. The summed E-state index contributed by atoms with van der Waals surface area (Å²) < 4.78 is 0. The molecule has 1 aliphatic rings. The Morgan fingerprint density at radius 3 is 2.72 bits per heavy atom. The highest BCUT2D eigenvalue weighted by Crippen LogP contribution is 2.27. The van der Waals surface area contributed by atoms with Crippen molar-refractivity contribution in [2.75, 3.05) is 6.54 Å². The first kappa shape index (κ1) is 13.4. The second-order valence-corrected chi connectivity index (χ2v) is 5.55. The van der Waals surface area contributed by atoms with Crippen LogP contribution in [0.4, 0.5) is 0 Å². The molecule has 2 heteroatoms. The van der Waals surface area contributed by atoms with Crippen molar-refractivity contribution >= 4 is 0 Å². The molecule has 2 unspecified atom stereocenters. The number of aromatic hydroxyl groups is 1. The van der Waals surface area contributed by atoms with Gasteiger partial charge in [-0.2, -0.15) is 0 Å². The SMILES string of the molecule is CCCNC1CCCC(Cc2ccc(O)cc2)C1. The smallest absolute Gasteiger partial charge is 0.115 e. The monoisotopic (exact) mass is 247 g/mol. The number of hydrogen-bond donors (Lipinski definition) is 2. The van der Waals surface area contributed by atoms with E-state index in [0.717, 1.165) is 24.9 Å². The zero-order chi connectivity index (χ0) is 12.8.